The minimum absolute atomic E-state index is 0.540. The van der Waals surface area contributed by atoms with Gasteiger partial charge in [0.2, 0.25) is 0 Å². The summed E-state index contributed by atoms with van der Waals surface area (Å²) in [6, 6.07) is 57.9. The van der Waals surface area contributed by atoms with Crippen molar-refractivity contribution < 1.29 is 0 Å². The quantitative estimate of drug-likeness (QED) is 0.193. The lowest BCUT2D eigenvalue weighted by atomic mass is 9.92. The Kier molecular flexibility index (Phi) is 6.56. The molecule has 0 aliphatic carbocycles. The molecule has 50 heavy (non-hydrogen) atoms. The second-order valence-corrected chi connectivity index (χ2v) is 12.3. The van der Waals surface area contributed by atoms with Gasteiger partial charge in [0.25, 0.3) is 0 Å². The minimum Gasteiger partial charge on any atom is -0.309 e. The first-order valence-corrected chi connectivity index (χ1v) is 16.3. The smallest absolute Gasteiger partial charge is 0.0998 e. The molecule has 9 aromatic rings. The van der Waals surface area contributed by atoms with Gasteiger partial charge >= 0.3 is 0 Å². The predicted molar refractivity (Wildman–Crippen MR) is 200 cm³/mol. The number of nitrogens with zero attached hydrogens (tertiary/aromatic N) is 5. The zero-order chi connectivity index (χ0) is 33.8. The Morgan fingerprint density at radius 3 is 1.82 bits per heavy atom. The van der Waals surface area contributed by atoms with E-state index in [1.807, 2.05) is 91.0 Å². The maximum Gasteiger partial charge on any atom is 0.0998 e. The van der Waals surface area contributed by atoms with Gasteiger partial charge in [-0.15, -0.1) is 0 Å². The fourth-order valence-corrected chi connectivity index (χ4v) is 7.52. The largest absolute Gasteiger partial charge is 0.309 e. The normalized spacial score (nSPS) is 11.1. The number of fused-ring (bicyclic) bond motifs is 6. The first-order chi connectivity index (χ1) is 24.7. The summed E-state index contributed by atoms with van der Waals surface area (Å²) in [6.45, 7) is 0. The van der Waals surface area contributed by atoms with Crippen LogP contribution >= 0.6 is 0 Å². The summed E-state index contributed by atoms with van der Waals surface area (Å²) in [5.74, 6) is 0. The van der Waals surface area contributed by atoms with Crippen LogP contribution in [-0.2, 0) is 0 Å². The van der Waals surface area contributed by atoms with Gasteiger partial charge in [-0.05, 0) is 83.4 Å². The fourth-order valence-electron chi connectivity index (χ4n) is 7.52. The summed E-state index contributed by atoms with van der Waals surface area (Å²) in [6.07, 6.45) is 0. The lowest BCUT2D eigenvalue weighted by Gasteiger charge is -2.18. The highest BCUT2D eigenvalue weighted by atomic mass is 15.0. The van der Waals surface area contributed by atoms with Crippen LogP contribution < -0.4 is 0 Å². The number of hydrogen-bond acceptors (Lipinski definition) is 3. The van der Waals surface area contributed by atoms with E-state index in [9.17, 15) is 15.8 Å². The average molecular weight is 636 g/mol. The Labute approximate surface area is 287 Å². The van der Waals surface area contributed by atoms with Crippen molar-refractivity contribution in [3.63, 3.8) is 0 Å². The van der Waals surface area contributed by atoms with Gasteiger partial charge in [0.15, 0.2) is 0 Å². The third-order valence-electron chi connectivity index (χ3n) is 9.60. The van der Waals surface area contributed by atoms with Crippen molar-refractivity contribution in [1.82, 2.24) is 9.13 Å². The first-order valence-electron chi connectivity index (χ1n) is 16.3. The van der Waals surface area contributed by atoms with Gasteiger partial charge in [0, 0.05) is 32.8 Å². The summed E-state index contributed by atoms with van der Waals surface area (Å²) >= 11 is 0. The molecule has 0 aliphatic rings. The highest BCUT2D eigenvalue weighted by molar-refractivity contribution is 6.12. The maximum atomic E-state index is 10.3. The van der Waals surface area contributed by atoms with Crippen molar-refractivity contribution in [1.29, 1.82) is 15.8 Å². The molecule has 2 heterocycles. The second-order valence-electron chi connectivity index (χ2n) is 12.3. The van der Waals surface area contributed by atoms with Gasteiger partial charge in [-0.1, -0.05) is 84.9 Å². The van der Waals surface area contributed by atoms with Crippen LogP contribution in [0.15, 0.2) is 152 Å². The van der Waals surface area contributed by atoms with E-state index in [0.717, 1.165) is 77.2 Å². The molecule has 0 bridgehead atoms. The lowest BCUT2D eigenvalue weighted by molar-refractivity contribution is 1.18. The van der Waals surface area contributed by atoms with Crippen molar-refractivity contribution in [3.05, 3.63) is 168 Å². The fraction of sp³-hybridized carbons (Fsp3) is 0. The van der Waals surface area contributed by atoms with Crippen molar-refractivity contribution in [2.45, 2.75) is 0 Å². The topological polar surface area (TPSA) is 81.2 Å². The molecule has 7 aromatic carbocycles. The molecule has 0 atom stereocenters. The summed E-state index contributed by atoms with van der Waals surface area (Å²) < 4.78 is 4.43. The zero-order valence-electron chi connectivity index (χ0n) is 26.7. The van der Waals surface area contributed by atoms with E-state index in [0.29, 0.717) is 16.7 Å². The predicted octanol–water partition coefficient (Wildman–Crippen LogP) is 10.8. The van der Waals surface area contributed by atoms with Crippen LogP contribution in [0.2, 0.25) is 0 Å². The van der Waals surface area contributed by atoms with Crippen LogP contribution in [0, 0.1) is 34.0 Å². The van der Waals surface area contributed by atoms with E-state index in [4.69, 9.17) is 0 Å². The number of aromatic nitrogens is 2. The number of para-hydroxylation sites is 3. The van der Waals surface area contributed by atoms with Gasteiger partial charge in [-0.2, -0.15) is 15.8 Å². The van der Waals surface area contributed by atoms with Gasteiger partial charge in [0.1, 0.15) is 0 Å². The molecule has 0 saturated carbocycles. The molecule has 9 rings (SSSR count). The number of benzene rings is 7. The molecular formula is C45H25N5. The van der Waals surface area contributed by atoms with E-state index in [1.54, 1.807) is 0 Å². The minimum atomic E-state index is 0.540. The Morgan fingerprint density at radius 1 is 0.400 bits per heavy atom. The number of rotatable bonds is 4. The van der Waals surface area contributed by atoms with Crippen LogP contribution in [0.25, 0.3) is 77.2 Å². The zero-order valence-corrected chi connectivity index (χ0v) is 26.7. The third-order valence-corrected chi connectivity index (χ3v) is 9.60. The standard InChI is InChI=1S/C45H25N5/c46-26-29-20-21-43-39(24-29)37-14-4-7-17-41(37)50(43)40-16-6-3-13-36(40)35-12-2-1-11-34(35)32-22-30(27-47)23-33(25-32)49-42-18-8-5-15-38(42)45-31(28-48)10-9-19-44(45)49/h1-25H. The lowest BCUT2D eigenvalue weighted by Crippen LogP contribution is -1.99. The van der Waals surface area contributed by atoms with E-state index in [1.165, 1.54) is 0 Å². The highest BCUT2D eigenvalue weighted by Gasteiger charge is 2.20. The van der Waals surface area contributed by atoms with Gasteiger partial charge in [-0.3, -0.25) is 0 Å². The SMILES string of the molecule is N#Cc1cc(-c2ccccc2-c2ccccc2-n2c3ccccc3c3cc(C#N)ccc32)cc(-n2c3ccccc3c3c(C#N)cccc32)c1. The molecule has 0 spiro atoms. The maximum absolute atomic E-state index is 10.3. The third kappa shape index (κ3) is 4.31. The molecule has 230 valence electrons. The summed E-state index contributed by atoms with van der Waals surface area (Å²) in [5, 5.41) is 34.0. The summed E-state index contributed by atoms with van der Waals surface area (Å²) in [5.41, 5.74) is 11.6. The van der Waals surface area contributed by atoms with Crippen molar-refractivity contribution in [2.24, 2.45) is 0 Å². The van der Waals surface area contributed by atoms with Crippen LogP contribution in [0.1, 0.15) is 16.7 Å². The molecule has 5 heteroatoms. The number of hydrogen-bond donors (Lipinski definition) is 0. The van der Waals surface area contributed by atoms with Gasteiger partial charge in [0.05, 0.1) is 62.7 Å². The van der Waals surface area contributed by atoms with Crippen molar-refractivity contribution in [2.75, 3.05) is 0 Å². The Bertz CT molecular complexity index is 2970. The molecule has 2 aromatic heterocycles. The molecule has 0 aliphatic heterocycles. The molecule has 0 amide bonds. The van der Waals surface area contributed by atoms with E-state index < -0.39 is 0 Å². The van der Waals surface area contributed by atoms with Crippen LogP contribution in [0.5, 0.6) is 0 Å². The molecule has 0 N–H and O–H groups in total. The van der Waals surface area contributed by atoms with Crippen molar-refractivity contribution in [3.8, 4) is 51.8 Å². The Hall–Kier alpha value is -7.39. The van der Waals surface area contributed by atoms with Crippen LogP contribution in [0.4, 0.5) is 0 Å². The van der Waals surface area contributed by atoms with E-state index in [2.05, 4.69) is 88.0 Å². The Morgan fingerprint density at radius 2 is 1.04 bits per heavy atom. The average Bonchev–Trinajstić information content (AvgIpc) is 3.70. The van der Waals surface area contributed by atoms with E-state index >= 15 is 0 Å². The molecule has 0 saturated heterocycles. The Balaban J connectivity index is 1.29. The van der Waals surface area contributed by atoms with Crippen LogP contribution in [-0.4, -0.2) is 9.13 Å². The molecule has 0 radical (unpaired) electrons. The van der Waals surface area contributed by atoms with Crippen molar-refractivity contribution >= 4 is 43.6 Å². The highest BCUT2D eigenvalue weighted by Crippen LogP contribution is 2.41. The molecular weight excluding hydrogens is 611 g/mol. The molecule has 5 nitrogen and oxygen atoms in total. The van der Waals surface area contributed by atoms with E-state index in [-0.39, 0.29) is 0 Å². The first kappa shape index (κ1) is 28.8. The molecule has 0 fully saturated rings. The second kappa shape index (κ2) is 11.4. The van der Waals surface area contributed by atoms with Gasteiger partial charge in [-0.25, -0.2) is 0 Å². The number of nitriles is 3. The van der Waals surface area contributed by atoms with Crippen LogP contribution in [0.3, 0.4) is 0 Å². The van der Waals surface area contributed by atoms with Gasteiger partial charge < -0.3 is 9.13 Å². The molecule has 0 unspecified atom stereocenters. The summed E-state index contributed by atoms with van der Waals surface area (Å²) in [4.78, 5) is 0. The summed E-state index contributed by atoms with van der Waals surface area (Å²) in [7, 11) is 0. The monoisotopic (exact) mass is 635 g/mol.